The maximum Gasteiger partial charge on any atom is 0.419 e. The number of alkyl halides is 3. The zero-order chi connectivity index (χ0) is 21.1. The Morgan fingerprint density at radius 3 is 2.40 bits per heavy atom. The fourth-order valence-electron chi connectivity index (χ4n) is 4.48. The second kappa shape index (κ2) is 9.06. The summed E-state index contributed by atoms with van der Waals surface area (Å²) in [6.07, 6.45) is 3.50. The Morgan fingerprint density at radius 2 is 1.70 bits per heavy atom. The molecule has 1 aliphatic carbocycles. The fraction of sp³-hybridized carbons (Fsp3) is 0.591. The first-order valence-corrected chi connectivity index (χ1v) is 10.6. The minimum absolute atomic E-state index is 0.0754. The number of piperazine rings is 1. The van der Waals surface area contributed by atoms with E-state index in [4.69, 9.17) is 4.42 Å². The average molecular weight is 425 g/mol. The maximum absolute atomic E-state index is 13.5. The molecule has 0 bridgehead atoms. The van der Waals surface area contributed by atoms with E-state index in [1.807, 2.05) is 0 Å². The van der Waals surface area contributed by atoms with Gasteiger partial charge in [-0.1, -0.05) is 19.3 Å². The highest BCUT2D eigenvalue weighted by molar-refractivity contribution is 5.55. The van der Waals surface area contributed by atoms with Crippen LogP contribution in [-0.4, -0.2) is 47.5 Å². The van der Waals surface area contributed by atoms with Crippen molar-refractivity contribution in [1.82, 2.24) is 14.8 Å². The zero-order valence-corrected chi connectivity index (χ0v) is 16.9. The molecule has 0 unspecified atom stereocenters. The van der Waals surface area contributed by atoms with Crippen LogP contribution in [0.25, 0.3) is 11.5 Å². The maximum atomic E-state index is 13.5. The highest BCUT2D eigenvalue weighted by Gasteiger charge is 2.34. The van der Waals surface area contributed by atoms with Gasteiger partial charge < -0.3 is 9.32 Å². The first-order chi connectivity index (χ1) is 14.4. The van der Waals surface area contributed by atoms with E-state index in [0.717, 1.165) is 44.2 Å². The molecule has 1 aliphatic heterocycles. The third-order valence-electron chi connectivity index (χ3n) is 6.16. The van der Waals surface area contributed by atoms with Crippen molar-refractivity contribution in [2.75, 3.05) is 32.7 Å². The topological polar surface area (TPSA) is 32.5 Å². The summed E-state index contributed by atoms with van der Waals surface area (Å²) in [6.45, 7) is 5.69. The smallest absolute Gasteiger partial charge is 0.419 e. The van der Waals surface area contributed by atoms with Crippen molar-refractivity contribution < 1.29 is 22.0 Å². The molecule has 0 amide bonds. The molecule has 1 saturated heterocycles. The molecule has 0 spiro atoms. The van der Waals surface area contributed by atoms with Crippen molar-refractivity contribution in [3.05, 3.63) is 41.5 Å². The molecule has 4 nitrogen and oxygen atoms in total. The quantitative estimate of drug-likeness (QED) is 0.617. The van der Waals surface area contributed by atoms with E-state index in [-0.39, 0.29) is 11.5 Å². The van der Waals surface area contributed by atoms with Crippen molar-refractivity contribution in [3.63, 3.8) is 0 Å². The second-order valence-electron chi connectivity index (χ2n) is 8.42. The number of hydrogen-bond acceptors (Lipinski definition) is 4. The van der Waals surface area contributed by atoms with E-state index in [9.17, 15) is 17.6 Å². The summed E-state index contributed by atoms with van der Waals surface area (Å²) in [5.41, 5.74) is -0.523. The molecule has 2 fully saturated rings. The molecule has 2 aromatic rings. The fourth-order valence-corrected chi connectivity index (χ4v) is 4.48. The number of halogens is 4. The van der Waals surface area contributed by atoms with Crippen LogP contribution in [-0.2, 0) is 12.7 Å². The second-order valence-corrected chi connectivity index (χ2v) is 8.42. The molecule has 164 valence electrons. The van der Waals surface area contributed by atoms with Gasteiger partial charge in [0, 0.05) is 44.8 Å². The van der Waals surface area contributed by atoms with Crippen LogP contribution >= 0.6 is 0 Å². The Hall–Kier alpha value is -1.93. The summed E-state index contributed by atoms with van der Waals surface area (Å²) in [6, 6.07) is 2.80. The third-order valence-corrected chi connectivity index (χ3v) is 6.16. The minimum atomic E-state index is -4.76. The van der Waals surface area contributed by atoms with E-state index in [2.05, 4.69) is 14.8 Å². The van der Waals surface area contributed by atoms with Gasteiger partial charge in [-0.2, -0.15) is 13.2 Å². The number of rotatable bonds is 5. The normalized spacial score (nSPS) is 20.0. The van der Waals surface area contributed by atoms with E-state index in [1.165, 1.54) is 51.0 Å². The first kappa shape index (κ1) is 21.3. The van der Waals surface area contributed by atoms with Gasteiger partial charge in [-0.15, -0.1) is 0 Å². The van der Waals surface area contributed by atoms with Crippen LogP contribution in [0.4, 0.5) is 17.6 Å². The molecule has 0 N–H and O–H groups in total. The summed E-state index contributed by atoms with van der Waals surface area (Å²) in [5.74, 6) is -0.392. The largest absolute Gasteiger partial charge is 0.444 e. The highest BCUT2D eigenvalue weighted by atomic mass is 19.4. The number of oxazole rings is 1. The number of benzene rings is 1. The summed E-state index contributed by atoms with van der Waals surface area (Å²) in [5, 5.41) is 0. The molecule has 4 rings (SSSR count). The molecule has 1 saturated carbocycles. The van der Waals surface area contributed by atoms with Crippen molar-refractivity contribution in [3.8, 4) is 11.5 Å². The lowest BCUT2D eigenvalue weighted by Crippen LogP contribution is -2.47. The van der Waals surface area contributed by atoms with E-state index in [1.54, 1.807) is 0 Å². The van der Waals surface area contributed by atoms with Gasteiger partial charge in [0.25, 0.3) is 0 Å². The summed E-state index contributed by atoms with van der Waals surface area (Å²) < 4.78 is 57.7. The molecule has 0 atom stereocenters. The van der Waals surface area contributed by atoms with Crippen molar-refractivity contribution >= 4 is 0 Å². The van der Waals surface area contributed by atoms with Crippen LogP contribution in [0.3, 0.4) is 0 Å². The molecule has 8 heteroatoms. The SMILES string of the molecule is Fc1ccc(-c2nc(CN3CCN(CC4CCCCC4)CC3)co2)cc1C(F)(F)F. The van der Waals surface area contributed by atoms with Gasteiger partial charge in [0.1, 0.15) is 12.1 Å². The number of hydrogen-bond donors (Lipinski definition) is 0. The predicted octanol–water partition coefficient (Wildman–Crippen LogP) is 5.20. The standard InChI is InChI=1S/C22H27F4N3O/c23-20-7-6-17(12-19(20)22(24,25)26)21-27-18(15-30-21)14-29-10-8-28(9-11-29)13-16-4-2-1-3-5-16/h6-7,12,15-16H,1-5,8-11,13-14H2. The van der Waals surface area contributed by atoms with Crippen LogP contribution in [0.1, 0.15) is 43.4 Å². The number of nitrogens with zero attached hydrogens (tertiary/aromatic N) is 3. The van der Waals surface area contributed by atoms with E-state index < -0.39 is 17.6 Å². The summed E-state index contributed by atoms with van der Waals surface area (Å²) in [7, 11) is 0. The number of aromatic nitrogens is 1. The summed E-state index contributed by atoms with van der Waals surface area (Å²) in [4.78, 5) is 9.15. The molecular formula is C22H27F4N3O. The van der Waals surface area contributed by atoms with Gasteiger partial charge in [0.15, 0.2) is 0 Å². The van der Waals surface area contributed by atoms with Crippen LogP contribution in [0.15, 0.2) is 28.9 Å². The van der Waals surface area contributed by atoms with Crippen molar-refractivity contribution in [1.29, 1.82) is 0 Å². The van der Waals surface area contributed by atoms with Crippen LogP contribution in [0.5, 0.6) is 0 Å². The van der Waals surface area contributed by atoms with Gasteiger partial charge in [0.2, 0.25) is 5.89 Å². The zero-order valence-electron chi connectivity index (χ0n) is 16.9. The lowest BCUT2D eigenvalue weighted by molar-refractivity contribution is -0.139. The molecule has 2 aliphatic rings. The highest BCUT2D eigenvalue weighted by Crippen LogP contribution is 2.34. The molecule has 30 heavy (non-hydrogen) atoms. The molecular weight excluding hydrogens is 398 g/mol. The summed E-state index contributed by atoms with van der Waals surface area (Å²) >= 11 is 0. The first-order valence-electron chi connectivity index (χ1n) is 10.6. The molecule has 1 aromatic heterocycles. The molecule has 0 radical (unpaired) electrons. The van der Waals surface area contributed by atoms with Gasteiger partial charge in [-0.3, -0.25) is 4.90 Å². The molecule has 2 heterocycles. The minimum Gasteiger partial charge on any atom is -0.444 e. The Morgan fingerprint density at radius 1 is 1.00 bits per heavy atom. The Bertz CT molecular complexity index is 837. The van der Waals surface area contributed by atoms with Crippen LogP contribution < -0.4 is 0 Å². The van der Waals surface area contributed by atoms with Gasteiger partial charge in [-0.25, -0.2) is 9.37 Å². The van der Waals surface area contributed by atoms with Crippen LogP contribution in [0.2, 0.25) is 0 Å². The van der Waals surface area contributed by atoms with E-state index >= 15 is 0 Å². The van der Waals surface area contributed by atoms with Gasteiger partial charge >= 0.3 is 6.18 Å². The lowest BCUT2D eigenvalue weighted by Gasteiger charge is -2.37. The Kier molecular flexibility index (Phi) is 6.43. The monoisotopic (exact) mass is 425 g/mol. The van der Waals surface area contributed by atoms with Gasteiger partial charge in [-0.05, 0) is 37.0 Å². The Labute approximate surface area is 173 Å². The predicted molar refractivity (Wildman–Crippen MR) is 105 cm³/mol. The average Bonchev–Trinajstić information content (AvgIpc) is 3.18. The third kappa shape index (κ3) is 5.21. The van der Waals surface area contributed by atoms with E-state index in [0.29, 0.717) is 12.2 Å². The van der Waals surface area contributed by atoms with Crippen LogP contribution in [0, 0.1) is 11.7 Å². The lowest BCUT2D eigenvalue weighted by atomic mass is 9.89. The van der Waals surface area contributed by atoms with Gasteiger partial charge in [0.05, 0.1) is 11.3 Å². The molecule has 1 aromatic carbocycles. The Balaban J connectivity index is 1.32. The van der Waals surface area contributed by atoms with Crippen molar-refractivity contribution in [2.45, 2.75) is 44.8 Å². The van der Waals surface area contributed by atoms with Crippen molar-refractivity contribution in [2.24, 2.45) is 5.92 Å².